The average molecular weight is 272 g/mol. The molecule has 0 bridgehead atoms. The second-order valence-corrected chi connectivity index (χ2v) is 4.44. The van der Waals surface area contributed by atoms with Crippen LogP contribution >= 0.6 is 0 Å². The lowest BCUT2D eigenvalue weighted by molar-refractivity contribution is 0.216. The van der Waals surface area contributed by atoms with E-state index in [1.807, 2.05) is 49.4 Å². The van der Waals surface area contributed by atoms with Crippen molar-refractivity contribution in [2.45, 2.75) is 19.4 Å². The normalized spacial score (nSPS) is 11.9. The van der Waals surface area contributed by atoms with Gasteiger partial charge in [-0.3, -0.25) is 4.98 Å². The number of para-hydroxylation sites is 1. The largest absolute Gasteiger partial charge is 0.490 e. The minimum atomic E-state index is -0.00883. The number of rotatable bonds is 7. The van der Waals surface area contributed by atoms with Gasteiger partial charge >= 0.3 is 0 Å². The zero-order valence-electron chi connectivity index (χ0n) is 11.7. The molecule has 0 fully saturated rings. The maximum atomic E-state index is 5.91. The lowest BCUT2D eigenvalue weighted by atomic mass is 10.1. The number of pyridine rings is 1. The standard InChI is InChI=1S/C16H20N2O2/c1-2-15(17)16-9-8-14(12-18-16)20-11-10-19-13-6-4-3-5-7-13/h3-9,12,15H,2,10-11,17H2,1H3/t15-/m1/s1. The van der Waals surface area contributed by atoms with Gasteiger partial charge in [0.05, 0.1) is 11.9 Å². The Morgan fingerprint density at radius 3 is 2.30 bits per heavy atom. The first-order chi connectivity index (χ1) is 9.79. The van der Waals surface area contributed by atoms with E-state index in [0.717, 1.165) is 23.6 Å². The van der Waals surface area contributed by atoms with Crippen molar-refractivity contribution in [3.63, 3.8) is 0 Å². The molecule has 0 unspecified atom stereocenters. The van der Waals surface area contributed by atoms with Crippen LogP contribution in [0.25, 0.3) is 0 Å². The SMILES string of the molecule is CC[C@@H](N)c1ccc(OCCOc2ccccc2)cn1. The second-order valence-electron chi connectivity index (χ2n) is 4.44. The maximum Gasteiger partial charge on any atom is 0.137 e. The number of nitrogens with zero attached hydrogens (tertiary/aromatic N) is 1. The molecule has 1 aromatic heterocycles. The van der Waals surface area contributed by atoms with Gasteiger partial charge < -0.3 is 15.2 Å². The molecule has 1 aromatic carbocycles. The predicted molar refractivity (Wildman–Crippen MR) is 78.9 cm³/mol. The Morgan fingerprint density at radius 2 is 1.70 bits per heavy atom. The molecule has 0 radical (unpaired) electrons. The molecule has 0 saturated carbocycles. The summed E-state index contributed by atoms with van der Waals surface area (Å²) in [5, 5.41) is 0. The Bertz CT molecular complexity index is 500. The van der Waals surface area contributed by atoms with Crippen molar-refractivity contribution in [3.05, 3.63) is 54.4 Å². The van der Waals surface area contributed by atoms with Crippen LogP contribution < -0.4 is 15.2 Å². The van der Waals surface area contributed by atoms with Crippen molar-refractivity contribution in [2.24, 2.45) is 5.73 Å². The van der Waals surface area contributed by atoms with Gasteiger partial charge in [-0.2, -0.15) is 0 Å². The smallest absolute Gasteiger partial charge is 0.137 e. The molecule has 106 valence electrons. The molecule has 0 saturated heterocycles. The van der Waals surface area contributed by atoms with E-state index < -0.39 is 0 Å². The van der Waals surface area contributed by atoms with Crippen LogP contribution in [0.5, 0.6) is 11.5 Å². The van der Waals surface area contributed by atoms with Gasteiger partial charge in [0.2, 0.25) is 0 Å². The molecule has 2 rings (SSSR count). The number of benzene rings is 1. The number of ether oxygens (including phenoxy) is 2. The third kappa shape index (κ3) is 4.24. The van der Waals surface area contributed by atoms with Crippen LogP contribution in [0.15, 0.2) is 48.7 Å². The van der Waals surface area contributed by atoms with E-state index in [1.165, 1.54) is 0 Å². The van der Waals surface area contributed by atoms with Crippen molar-refractivity contribution >= 4 is 0 Å². The molecule has 1 heterocycles. The molecule has 2 N–H and O–H groups in total. The zero-order valence-corrected chi connectivity index (χ0v) is 11.7. The first-order valence-electron chi connectivity index (χ1n) is 6.81. The quantitative estimate of drug-likeness (QED) is 0.787. The van der Waals surface area contributed by atoms with Gasteiger partial charge in [-0.15, -0.1) is 0 Å². The summed E-state index contributed by atoms with van der Waals surface area (Å²) in [6.07, 6.45) is 2.57. The molecular formula is C16H20N2O2. The third-order valence-electron chi connectivity index (χ3n) is 2.94. The monoisotopic (exact) mass is 272 g/mol. The fourth-order valence-corrected chi connectivity index (χ4v) is 1.74. The minimum absolute atomic E-state index is 0.00883. The first-order valence-corrected chi connectivity index (χ1v) is 6.81. The maximum absolute atomic E-state index is 5.91. The van der Waals surface area contributed by atoms with Crippen molar-refractivity contribution in [3.8, 4) is 11.5 Å². The predicted octanol–water partition coefficient (Wildman–Crippen LogP) is 2.95. The lowest BCUT2D eigenvalue weighted by Gasteiger charge is -2.10. The molecule has 0 spiro atoms. The summed E-state index contributed by atoms with van der Waals surface area (Å²) >= 11 is 0. The molecule has 0 aliphatic carbocycles. The number of hydrogen-bond acceptors (Lipinski definition) is 4. The van der Waals surface area contributed by atoms with Crippen LogP contribution in [0.2, 0.25) is 0 Å². The number of nitrogens with two attached hydrogens (primary N) is 1. The van der Waals surface area contributed by atoms with E-state index >= 15 is 0 Å². The van der Waals surface area contributed by atoms with E-state index in [2.05, 4.69) is 4.98 Å². The summed E-state index contributed by atoms with van der Waals surface area (Å²) in [6, 6.07) is 13.5. The Kier molecular flexibility index (Phi) is 5.38. The summed E-state index contributed by atoms with van der Waals surface area (Å²) in [4.78, 5) is 4.30. The van der Waals surface area contributed by atoms with Crippen molar-refractivity contribution in [1.29, 1.82) is 0 Å². The summed E-state index contributed by atoms with van der Waals surface area (Å²) in [6.45, 7) is 3.02. The van der Waals surface area contributed by atoms with Crippen LogP contribution in [0.3, 0.4) is 0 Å². The van der Waals surface area contributed by atoms with Crippen molar-refractivity contribution in [2.75, 3.05) is 13.2 Å². The van der Waals surface area contributed by atoms with E-state index in [4.69, 9.17) is 15.2 Å². The van der Waals surface area contributed by atoms with E-state index in [9.17, 15) is 0 Å². The van der Waals surface area contributed by atoms with Crippen LogP contribution in [0, 0.1) is 0 Å². The zero-order chi connectivity index (χ0) is 14.2. The fraction of sp³-hybridized carbons (Fsp3) is 0.312. The van der Waals surface area contributed by atoms with Gasteiger partial charge in [0.25, 0.3) is 0 Å². The van der Waals surface area contributed by atoms with Crippen molar-refractivity contribution < 1.29 is 9.47 Å². The summed E-state index contributed by atoms with van der Waals surface area (Å²) in [5.41, 5.74) is 6.80. The van der Waals surface area contributed by atoms with Crippen LogP contribution in [-0.2, 0) is 0 Å². The topological polar surface area (TPSA) is 57.4 Å². The molecule has 2 aromatic rings. The molecule has 0 aliphatic rings. The number of aromatic nitrogens is 1. The second kappa shape index (κ2) is 7.50. The van der Waals surface area contributed by atoms with E-state index in [1.54, 1.807) is 6.20 Å². The van der Waals surface area contributed by atoms with Gasteiger partial charge in [-0.1, -0.05) is 25.1 Å². The average Bonchev–Trinajstić information content (AvgIpc) is 2.52. The molecule has 4 heteroatoms. The van der Waals surface area contributed by atoms with Crippen LogP contribution in [0.4, 0.5) is 0 Å². The Morgan fingerprint density at radius 1 is 1.00 bits per heavy atom. The fourth-order valence-electron chi connectivity index (χ4n) is 1.74. The van der Waals surface area contributed by atoms with Crippen LogP contribution in [-0.4, -0.2) is 18.2 Å². The van der Waals surface area contributed by atoms with Gasteiger partial charge in [0.1, 0.15) is 24.7 Å². The molecular weight excluding hydrogens is 252 g/mol. The highest BCUT2D eigenvalue weighted by molar-refractivity contribution is 5.22. The van der Waals surface area contributed by atoms with Crippen LogP contribution in [0.1, 0.15) is 25.1 Å². The minimum Gasteiger partial charge on any atom is -0.490 e. The summed E-state index contributed by atoms with van der Waals surface area (Å²) in [7, 11) is 0. The number of hydrogen-bond donors (Lipinski definition) is 1. The molecule has 0 amide bonds. The Hall–Kier alpha value is -2.07. The lowest BCUT2D eigenvalue weighted by Crippen LogP contribution is -2.11. The van der Waals surface area contributed by atoms with E-state index in [0.29, 0.717) is 13.2 Å². The third-order valence-corrected chi connectivity index (χ3v) is 2.94. The highest BCUT2D eigenvalue weighted by atomic mass is 16.5. The molecule has 4 nitrogen and oxygen atoms in total. The van der Waals surface area contributed by atoms with Gasteiger partial charge in [0, 0.05) is 6.04 Å². The highest BCUT2D eigenvalue weighted by Crippen LogP contribution is 2.15. The van der Waals surface area contributed by atoms with E-state index in [-0.39, 0.29) is 6.04 Å². The molecule has 20 heavy (non-hydrogen) atoms. The molecule has 0 aliphatic heterocycles. The molecule has 1 atom stereocenters. The first kappa shape index (κ1) is 14.3. The van der Waals surface area contributed by atoms with Gasteiger partial charge in [-0.05, 0) is 30.7 Å². The summed E-state index contributed by atoms with van der Waals surface area (Å²) < 4.78 is 11.1. The Balaban J connectivity index is 1.74. The highest BCUT2D eigenvalue weighted by Gasteiger charge is 2.04. The Labute approximate surface area is 119 Å². The van der Waals surface area contributed by atoms with Gasteiger partial charge in [0.15, 0.2) is 0 Å². The van der Waals surface area contributed by atoms with Crippen molar-refractivity contribution in [1.82, 2.24) is 4.98 Å². The van der Waals surface area contributed by atoms with Gasteiger partial charge in [-0.25, -0.2) is 0 Å². The summed E-state index contributed by atoms with van der Waals surface area (Å²) in [5.74, 6) is 1.58.